The van der Waals surface area contributed by atoms with Crippen molar-refractivity contribution in [3.8, 4) is 11.5 Å². The van der Waals surface area contributed by atoms with Crippen molar-refractivity contribution in [3.05, 3.63) is 23.8 Å². The summed E-state index contributed by atoms with van der Waals surface area (Å²) in [7, 11) is 3.14. The molecular formula is C10H15NO3. The summed E-state index contributed by atoms with van der Waals surface area (Å²) >= 11 is 0. The predicted molar refractivity (Wildman–Crippen MR) is 53.5 cm³/mol. The lowest BCUT2D eigenvalue weighted by molar-refractivity contribution is 0.179. The second-order valence-electron chi connectivity index (χ2n) is 2.99. The Hall–Kier alpha value is -1.26. The number of phenolic OH excluding ortho intramolecular Hbond substituents is 1. The molecular weight excluding hydrogens is 182 g/mol. The standard InChI is InChI=1S/C10H15NO3/c1-13-6-9(11)8-5-7(12)3-4-10(8)14-2/h3-5,9,12H,6,11H2,1-2H3. The van der Waals surface area contributed by atoms with Crippen LogP contribution >= 0.6 is 0 Å². The average molecular weight is 197 g/mol. The van der Waals surface area contributed by atoms with E-state index in [1.807, 2.05) is 0 Å². The SMILES string of the molecule is COCC(N)c1cc(O)ccc1OC. The van der Waals surface area contributed by atoms with Crippen molar-refractivity contribution in [2.24, 2.45) is 5.73 Å². The van der Waals surface area contributed by atoms with Crippen LogP contribution in [0.4, 0.5) is 0 Å². The number of nitrogens with two attached hydrogens (primary N) is 1. The molecule has 4 nitrogen and oxygen atoms in total. The Morgan fingerprint density at radius 2 is 2.14 bits per heavy atom. The molecule has 0 bridgehead atoms. The van der Waals surface area contributed by atoms with Gasteiger partial charge in [-0.05, 0) is 18.2 Å². The molecule has 14 heavy (non-hydrogen) atoms. The normalized spacial score (nSPS) is 12.5. The number of aromatic hydroxyl groups is 1. The highest BCUT2D eigenvalue weighted by Gasteiger charge is 2.12. The summed E-state index contributed by atoms with van der Waals surface area (Å²) in [6, 6.07) is 4.53. The Kier molecular flexibility index (Phi) is 3.73. The highest BCUT2D eigenvalue weighted by molar-refractivity contribution is 5.41. The lowest BCUT2D eigenvalue weighted by Crippen LogP contribution is -2.16. The summed E-state index contributed by atoms with van der Waals surface area (Å²) in [5, 5.41) is 9.30. The smallest absolute Gasteiger partial charge is 0.123 e. The van der Waals surface area contributed by atoms with Crippen molar-refractivity contribution in [1.29, 1.82) is 0 Å². The van der Waals surface area contributed by atoms with E-state index in [2.05, 4.69) is 0 Å². The number of ether oxygens (including phenoxy) is 2. The Morgan fingerprint density at radius 3 is 2.71 bits per heavy atom. The quantitative estimate of drug-likeness (QED) is 0.757. The van der Waals surface area contributed by atoms with E-state index < -0.39 is 0 Å². The van der Waals surface area contributed by atoms with Crippen LogP contribution in [0.25, 0.3) is 0 Å². The maximum Gasteiger partial charge on any atom is 0.123 e. The zero-order valence-corrected chi connectivity index (χ0v) is 8.36. The predicted octanol–water partition coefficient (Wildman–Crippen LogP) is 1.05. The summed E-state index contributed by atoms with van der Waals surface area (Å²) < 4.78 is 10.1. The molecule has 0 aliphatic rings. The molecule has 0 amide bonds. The Bertz CT molecular complexity index is 301. The van der Waals surface area contributed by atoms with Crippen LogP contribution in [-0.2, 0) is 4.74 Å². The molecule has 0 heterocycles. The molecule has 4 heteroatoms. The van der Waals surface area contributed by atoms with Crippen LogP contribution in [0.15, 0.2) is 18.2 Å². The minimum absolute atomic E-state index is 0.173. The van der Waals surface area contributed by atoms with Gasteiger partial charge in [-0.25, -0.2) is 0 Å². The molecule has 1 aromatic carbocycles. The third-order valence-electron chi connectivity index (χ3n) is 1.96. The van der Waals surface area contributed by atoms with Crippen molar-refractivity contribution in [2.45, 2.75) is 6.04 Å². The largest absolute Gasteiger partial charge is 0.508 e. The van der Waals surface area contributed by atoms with Crippen LogP contribution in [0.5, 0.6) is 11.5 Å². The van der Waals surface area contributed by atoms with Gasteiger partial charge in [-0.2, -0.15) is 0 Å². The van der Waals surface area contributed by atoms with Crippen LogP contribution in [-0.4, -0.2) is 25.9 Å². The Labute approximate surface area is 83.3 Å². The van der Waals surface area contributed by atoms with Crippen LogP contribution in [0, 0.1) is 0 Å². The average Bonchev–Trinajstić information content (AvgIpc) is 2.18. The van der Waals surface area contributed by atoms with Gasteiger partial charge in [0.1, 0.15) is 11.5 Å². The number of rotatable bonds is 4. The molecule has 0 aliphatic carbocycles. The van der Waals surface area contributed by atoms with E-state index >= 15 is 0 Å². The molecule has 0 fully saturated rings. The van der Waals surface area contributed by atoms with E-state index in [0.717, 1.165) is 5.56 Å². The van der Waals surface area contributed by atoms with Gasteiger partial charge in [0.15, 0.2) is 0 Å². The summed E-state index contributed by atoms with van der Waals surface area (Å²) in [4.78, 5) is 0. The van der Waals surface area contributed by atoms with Gasteiger partial charge in [0, 0.05) is 12.7 Å². The summed E-state index contributed by atoms with van der Waals surface area (Å²) in [5.41, 5.74) is 6.58. The molecule has 0 radical (unpaired) electrons. The van der Waals surface area contributed by atoms with E-state index in [1.54, 1.807) is 32.4 Å². The van der Waals surface area contributed by atoms with Gasteiger partial charge in [0.25, 0.3) is 0 Å². The molecule has 0 aliphatic heterocycles. The molecule has 0 aromatic heterocycles. The monoisotopic (exact) mass is 197 g/mol. The number of benzene rings is 1. The van der Waals surface area contributed by atoms with Gasteiger partial charge in [-0.1, -0.05) is 0 Å². The third kappa shape index (κ3) is 2.37. The van der Waals surface area contributed by atoms with Crippen LogP contribution < -0.4 is 10.5 Å². The Balaban J connectivity index is 2.97. The summed E-state index contributed by atoms with van der Waals surface area (Å²) in [6.45, 7) is 0.389. The molecule has 1 aromatic rings. The zero-order valence-electron chi connectivity index (χ0n) is 8.36. The summed E-state index contributed by atoms with van der Waals surface area (Å²) in [6.07, 6.45) is 0. The highest BCUT2D eigenvalue weighted by Crippen LogP contribution is 2.27. The van der Waals surface area contributed by atoms with Gasteiger partial charge >= 0.3 is 0 Å². The first kappa shape index (κ1) is 10.8. The van der Waals surface area contributed by atoms with Crippen LogP contribution in [0.3, 0.4) is 0 Å². The first-order valence-corrected chi connectivity index (χ1v) is 4.30. The fourth-order valence-electron chi connectivity index (χ4n) is 1.28. The maximum absolute atomic E-state index is 9.30. The van der Waals surface area contributed by atoms with E-state index in [4.69, 9.17) is 15.2 Å². The summed E-state index contributed by atoms with van der Waals surface area (Å²) in [5.74, 6) is 0.833. The van der Waals surface area contributed by atoms with Crippen LogP contribution in [0.1, 0.15) is 11.6 Å². The molecule has 0 saturated heterocycles. The van der Waals surface area contributed by atoms with Gasteiger partial charge in [-0.15, -0.1) is 0 Å². The third-order valence-corrected chi connectivity index (χ3v) is 1.96. The zero-order chi connectivity index (χ0) is 10.6. The van der Waals surface area contributed by atoms with E-state index in [1.165, 1.54) is 0 Å². The minimum Gasteiger partial charge on any atom is -0.508 e. The van der Waals surface area contributed by atoms with Crippen molar-refractivity contribution in [2.75, 3.05) is 20.8 Å². The number of methoxy groups -OCH3 is 2. The number of hydrogen-bond donors (Lipinski definition) is 2. The van der Waals surface area contributed by atoms with Crippen molar-refractivity contribution in [3.63, 3.8) is 0 Å². The highest BCUT2D eigenvalue weighted by atomic mass is 16.5. The fourth-order valence-corrected chi connectivity index (χ4v) is 1.28. The van der Waals surface area contributed by atoms with E-state index in [-0.39, 0.29) is 11.8 Å². The second kappa shape index (κ2) is 4.83. The first-order valence-electron chi connectivity index (χ1n) is 4.30. The maximum atomic E-state index is 9.30. The first-order chi connectivity index (χ1) is 6.69. The molecule has 1 unspecified atom stereocenters. The molecule has 1 rings (SSSR count). The molecule has 0 saturated carbocycles. The van der Waals surface area contributed by atoms with E-state index in [9.17, 15) is 5.11 Å². The number of hydrogen-bond acceptors (Lipinski definition) is 4. The van der Waals surface area contributed by atoms with Gasteiger partial charge in [0.2, 0.25) is 0 Å². The second-order valence-corrected chi connectivity index (χ2v) is 2.99. The van der Waals surface area contributed by atoms with Crippen molar-refractivity contribution in [1.82, 2.24) is 0 Å². The molecule has 0 spiro atoms. The lowest BCUT2D eigenvalue weighted by atomic mass is 10.1. The Morgan fingerprint density at radius 1 is 1.43 bits per heavy atom. The molecule has 3 N–H and O–H groups in total. The molecule has 1 atom stereocenters. The van der Waals surface area contributed by atoms with Crippen LogP contribution in [0.2, 0.25) is 0 Å². The van der Waals surface area contributed by atoms with E-state index in [0.29, 0.717) is 12.4 Å². The molecule has 78 valence electrons. The van der Waals surface area contributed by atoms with Gasteiger partial charge < -0.3 is 20.3 Å². The van der Waals surface area contributed by atoms with Crippen molar-refractivity contribution < 1.29 is 14.6 Å². The van der Waals surface area contributed by atoms with Gasteiger partial charge in [-0.3, -0.25) is 0 Å². The van der Waals surface area contributed by atoms with Crippen molar-refractivity contribution >= 4 is 0 Å². The number of phenols is 1. The minimum atomic E-state index is -0.290. The topological polar surface area (TPSA) is 64.7 Å². The fraction of sp³-hybridized carbons (Fsp3) is 0.400. The lowest BCUT2D eigenvalue weighted by Gasteiger charge is -2.14. The van der Waals surface area contributed by atoms with Gasteiger partial charge in [0.05, 0.1) is 19.8 Å².